The monoisotopic (exact) mass is 262 g/mol. The van der Waals surface area contributed by atoms with E-state index in [0.717, 1.165) is 5.56 Å². The molecule has 0 radical (unpaired) electrons. The zero-order chi connectivity index (χ0) is 13.1. The summed E-state index contributed by atoms with van der Waals surface area (Å²) in [6.07, 6.45) is 4.66. The van der Waals surface area contributed by atoms with Gasteiger partial charge in [-0.1, -0.05) is 11.6 Å². The number of hydrogen-bond acceptors (Lipinski definition) is 4. The lowest BCUT2D eigenvalue weighted by molar-refractivity contribution is 0.102. The highest BCUT2D eigenvalue weighted by Gasteiger charge is 2.13. The predicted molar refractivity (Wildman–Crippen MR) is 70.6 cm³/mol. The van der Waals surface area contributed by atoms with Crippen molar-refractivity contribution in [2.24, 2.45) is 0 Å². The molecule has 6 heteroatoms. The molecule has 0 bridgehead atoms. The number of aryl methyl sites for hydroxylation is 1. The van der Waals surface area contributed by atoms with Crippen LogP contribution >= 0.6 is 11.6 Å². The van der Waals surface area contributed by atoms with Gasteiger partial charge in [-0.05, 0) is 24.6 Å². The van der Waals surface area contributed by atoms with Gasteiger partial charge in [-0.3, -0.25) is 9.78 Å². The fraction of sp³-hybridized carbons (Fsp3) is 0.0833. The SMILES string of the molecule is Cc1cnccc1NC(=O)c1cc(N)cnc1Cl. The van der Waals surface area contributed by atoms with Crippen LogP contribution in [0.5, 0.6) is 0 Å². The van der Waals surface area contributed by atoms with Crippen molar-refractivity contribution in [3.05, 3.63) is 47.0 Å². The highest BCUT2D eigenvalue weighted by molar-refractivity contribution is 6.33. The highest BCUT2D eigenvalue weighted by atomic mass is 35.5. The Labute approximate surface area is 109 Å². The van der Waals surface area contributed by atoms with Gasteiger partial charge in [-0.25, -0.2) is 4.98 Å². The van der Waals surface area contributed by atoms with Crippen LogP contribution in [-0.4, -0.2) is 15.9 Å². The molecule has 3 N–H and O–H groups in total. The Bertz CT molecular complexity index is 600. The second-order valence-electron chi connectivity index (χ2n) is 3.75. The van der Waals surface area contributed by atoms with Crippen molar-refractivity contribution < 1.29 is 4.79 Å². The minimum Gasteiger partial charge on any atom is -0.397 e. The molecule has 0 aromatic carbocycles. The fourth-order valence-electron chi connectivity index (χ4n) is 1.43. The van der Waals surface area contributed by atoms with E-state index in [9.17, 15) is 4.79 Å². The van der Waals surface area contributed by atoms with Gasteiger partial charge in [0.05, 0.1) is 17.4 Å². The number of halogens is 1. The van der Waals surface area contributed by atoms with Crippen molar-refractivity contribution in [2.45, 2.75) is 6.92 Å². The number of nitrogens with zero attached hydrogens (tertiary/aromatic N) is 2. The Morgan fingerprint density at radius 1 is 1.44 bits per heavy atom. The van der Waals surface area contributed by atoms with Crippen LogP contribution in [0.2, 0.25) is 5.15 Å². The Kier molecular flexibility index (Phi) is 3.43. The van der Waals surface area contributed by atoms with Gasteiger partial charge in [-0.2, -0.15) is 0 Å². The molecule has 0 fully saturated rings. The van der Waals surface area contributed by atoms with Crippen LogP contribution in [0.1, 0.15) is 15.9 Å². The van der Waals surface area contributed by atoms with Gasteiger partial charge >= 0.3 is 0 Å². The van der Waals surface area contributed by atoms with E-state index in [0.29, 0.717) is 11.4 Å². The molecular formula is C12H11ClN4O. The summed E-state index contributed by atoms with van der Waals surface area (Å²) >= 11 is 5.86. The first kappa shape index (κ1) is 12.3. The number of aromatic nitrogens is 2. The van der Waals surface area contributed by atoms with Gasteiger partial charge in [0.25, 0.3) is 5.91 Å². The van der Waals surface area contributed by atoms with Crippen LogP contribution in [0.25, 0.3) is 0 Å². The van der Waals surface area contributed by atoms with Crippen molar-refractivity contribution in [1.29, 1.82) is 0 Å². The largest absolute Gasteiger partial charge is 0.397 e. The predicted octanol–water partition coefficient (Wildman–Crippen LogP) is 2.27. The molecule has 18 heavy (non-hydrogen) atoms. The lowest BCUT2D eigenvalue weighted by Gasteiger charge is -2.08. The van der Waals surface area contributed by atoms with Crippen molar-refractivity contribution in [2.75, 3.05) is 11.1 Å². The molecular weight excluding hydrogens is 252 g/mol. The molecule has 2 heterocycles. The van der Waals surface area contributed by atoms with E-state index in [4.69, 9.17) is 17.3 Å². The van der Waals surface area contributed by atoms with Gasteiger partial charge in [0.15, 0.2) is 0 Å². The molecule has 0 aliphatic carbocycles. The number of carbonyl (C=O) groups is 1. The Hall–Kier alpha value is -2.14. The number of amides is 1. The third-order valence-corrected chi connectivity index (χ3v) is 2.67. The van der Waals surface area contributed by atoms with E-state index < -0.39 is 0 Å². The summed E-state index contributed by atoms with van der Waals surface area (Å²) in [5.74, 6) is -0.353. The summed E-state index contributed by atoms with van der Waals surface area (Å²) < 4.78 is 0. The van der Waals surface area contributed by atoms with Crippen LogP contribution in [0.15, 0.2) is 30.7 Å². The zero-order valence-corrected chi connectivity index (χ0v) is 10.4. The first-order valence-electron chi connectivity index (χ1n) is 5.21. The van der Waals surface area contributed by atoms with Gasteiger partial charge in [0, 0.05) is 18.1 Å². The number of nitrogens with two attached hydrogens (primary N) is 1. The standard InChI is InChI=1S/C12H11ClN4O/c1-7-5-15-3-2-10(7)17-12(18)9-4-8(14)6-16-11(9)13/h2-6H,14H2,1H3,(H,15,17,18). The number of nitrogens with one attached hydrogen (secondary N) is 1. The van der Waals surface area contributed by atoms with Gasteiger partial charge in [-0.15, -0.1) is 0 Å². The smallest absolute Gasteiger partial charge is 0.258 e. The van der Waals surface area contributed by atoms with E-state index in [1.54, 1.807) is 18.5 Å². The molecule has 92 valence electrons. The van der Waals surface area contributed by atoms with Crippen molar-refractivity contribution in [1.82, 2.24) is 9.97 Å². The van der Waals surface area contributed by atoms with Crippen LogP contribution in [0.4, 0.5) is 11.4 Å². The van der Waals surface area contributed by atoms with Crippen molar-refractivity contribution in [3.8, 4) is 0 Å². The Balaban J connectivity index is 2.28. The average Bonchev–Trinajstić information content (AvgIpc) is 2.35. The molecule has 1 amide bonds. The summed E-state index contributed by atoms with van der Waals surface area (Å²) in [5, 5.41) is 2.85. The van der Waals surface area contributed by atoms with Crippen molar-refractivity contribution >= 4 is 28.9 Å². The molecule has 0 spiro atoms. The third-order valence-electron chi connectivity index (χ3n) is 2.37. The summed E-state index contributed by atoms with van der Waals surface area (Å²) in [6.45, 7) is 1.85. The quantitative estimate of drug-likeness (QED) is 0.814. The molecule has 0 unspecified atom stereocenters. The number of nitrogen functional groups attached to an aromatic ring is 1. The number of anilines is 2. The summed E-state index contributed by atoms with van der Waals surface area (Å²) in [5.41, 5.74) is 7.74. The maximum absolute atomic E-state index is 12.0. The van der Waals surface area contributed by atoms with Gasteiger partial charge in [0.2, 0.25) is 0 Å². The van der Waals surface area contributed by atoms with E-state index in [1.807, 2.05) is 6.92 Å². The lowest BCUT2D eigenvalue weighted by Crippen LogP contribution is -2.14. The molecule has 2 rings (SSSR count). The third kappa shape index (κ3) is 2.57. The fourth-order valence-corrected chi connectivity index (χ4v) is 1.62. The zero-order valence-electron chi connectivity index (χ0n) is 9.64. The number of carbonyl (C=O) groups excluding carboxylic acids is 1. The number of hydrogen-bond donors (Lipinski definition) is 2. The average molecular weight is 263 g/mol. The van der Waals surface area contributed by atoms with Crippen LogP contribution < -0.4 is 11.1 Å². The van der Waals surface area contributed by atoms with E-state index in [-0.39, 0.29) is 16.6 Å². The highest BCUT2D eigenvalue weighted by Crippen LogP contribution is 2.18. The molecule has 0 aliphatic rings. The molecule has 0 atom stereocenters. The van der Waals surface area contributed by atoms with Crippen LogP contribution in [0, 0.1) is 6.92 Å². The summed E-state index contributed by atoms with van der Waals surface area (Å²) in [6, 6.07) is 3.20. The summed E-state index contributed by atoms with van der Waals surface area (Å²) in [4.78, 5) is 19.8. The minimum absolute atomic E-state index is 0.119. The molecule has 0 saturated heterocycles. The van der Waals surface area contributed by atoms with E-state index in [2.05, 4.69) is 15.3 Å². The maximum atomic E-state index is 12.0. The lowest BCUT2D eigenvalue weighted by atomic mass is 10.2. The van der Waals surface area contributed by atoms with Crippen molar-refractivity contribution in [3.63, 3.8) is 0 Å². The van der Waals surface area contributed by atoms with Crippen LogP contribution in [-0.2, 0) is 0 Å². The Morgan fingerprint density at radius 2 is 2.22 bits per heavy atom. The topological polar surface area (TPSA) is 80.9 Å². The normalized spacial score (nSPS) is 10.1. The molecule has 2 aromatic heterocycles. The first-order chi connectivity index (χ1) is 8.58. The van der Waals surface area contributed by atoms with Crippen LogP contribution in [0.3, 0.4) is 0 Å². The van der Waals surface area contributed by atoms with Gasteiger partial charge in [0.1, 0.15) is 5.15 Å². The summed E-state index contributed by atoms with van der Waals surface area (Å²) in [7, 11) is 0. The number of pyridine rings is 2. The minimum atomic E-state index is -0.353. The number of rotatable bonds is 2. The second kappa shape index (κ2) is 5.01. The maximum Gasteiger partial charge on any atom is 0.258 e. The van der Waals surface area contributed by atoms with E-state index in [1.165, 1.54) is 12.3 Å². The first-order valence-corrected chi connectivity index (χ1v) is 5.58. The molecule has 5 nitrogen and oxygen atoms in total. The molecule has 0 saturated carbocycles. The van der Waals surface area contributed by atoms with E-state index >= 15 is 0 Å². The Morgan fingerprint density at radius 3 is 2.94 bits per heavy atom. The molecule has 0 aliphatic heterocycles. The van der Waals surface area contributed by atoms with Gasteiger partial charge < -0.3 is 11.1 Å². The molecule has 2 aromatic rings. The second-order valence-corrected chi connectivity index (χ2v) is 4.11.